The first-order chi connectivity index (χ1) is 4.70. The molecule has 2 heteroatoms. The maximum absolute atomic E-state index is 5.65. The molecule has 0 saturated heterocycles. The van der Waals surface area contributed by atoms with E-state index in [0.717, 1.165) is 6.42 Å². The fraction of sp³-hybridized carbons (Fsp3) is 0.875. The molecule has 0 bridgehead atoms. The molecule has 0 aromatic rings. The molecule has 0 aromatic heterocycles. The van der Waals surface area contributed by atoms with Gasteiger partial charge in [0, 0.05) is 6.10 Å². The summed E-state index contributed by atoms with van der Waals surface area (Å²) >= 11 is 0. The zero-order valence-corrected chi connectivity index (χ0v) is 9.02. The van der Waals surface area contributed by atoms with Crippen LogP contribution in [0.4, 0.5) is 0 Å². The first-order valence-corrected chi connectivity index (χ1v) is 5.42. The first-order valence-electron chi connectivity index (χ1n) is 4.13. The Kier molecular flexibility index (Phi) is 6.03. The topological polar surface area (TPSA) is 9.23 Å². The third-order valence-electron chi connectivity index (χ3n) is 1.79. The molecule has 0 fully saturated rings. The standard InChI is InChI=1S/C8H19OSi/c1-5-7(3)9-10-8(4)6-2/h7H,5-6,10H2,1-4H3. The molecule has 0 heterocycles. The lowest BCUT2D eigenvalue weighted by Crippen LogP contribution is -2.14. The van der Waals surface area contributed by atoms with Gasteiger partial charge >= 0.3 is 0 Å². The van der Waals surface area contributed by atoms with Crippen LogP contribution < -0.4 is 0 Å². The van der Waals surface area contributed by atoms with Gasteiger partial charge in [-0.3, -0.25) is 0 Å². The van der Waals surface area contributed by atoms with Crippen LogP contribution in [0.3, 0.4) is 0 Å². The van der Waals surface area contributed by atoms with E-state index in [1.807, 2.05) is 0 Å². The van der Waals surface area contributed by atoms with Gasteiger partial charge in [0.25, 0.3) is 0 Å². The summed E-state index contributed by atoms with van der Waals surface area (Å²) in [6.07, 6.45) is 2.82. The van der Waals surface area contributed by atoms with E-state index >= 15 is 0 Å². The van der Waals surface area contributed by atoms with Gasteiger partial charge in [0.1, 0.15) is 0 Å². The molecule has 0 rings (SSSR count). The Hall–Kier alpha value is 0.177. The third-order valence-corrected chi connectivity index (χ3v) is 3.52. The Labute approximate surface area is 67.1 Å². The van der Waals surface area contributed by atoms with Crippen molar-refractivity contribution in [3.05, 3.63) is 5.54 Å². The maximum atomic E-state index is 5.65. The van der Waals surface area contributed by atoms with Crippen LogP contribution in [0.5, 0.6) is 0 Å². The average molecular weight is 159 g/mol. The predicted octanol–water partition coefficient (Wildman–Crippen LogP) is 1.85. The van der Waals surface area contributed by atoms with Crippen molar-refractivity contribution in [2.24, 2.45) is 0 Å². The van der Waals surface area contributed by atoms with Crippen LogP contribution >= 0.6 is 0 Å². The van der Waals surface area contributed by atoms with Crippen molar-refractivity contribution in [3.63, 3.8) is 0 Å². The van der Waals surface area contributed by atoms with Crippen LogP contribution in [0.1, 0.15) is 40.5 Å². The lowest BCUT2D eigenvalue weighted by Gasteiger charge is -2.13. The Morgan fingerprint density at radius 1 is 1.50 bits per heavy atom. The summed E-state index contributed by atoms with van der Waals surface area (Å²) in [6, 6.07) is 0. The van der Waals surface area contributed by atoms with Crippen molar-refractivity contribution in [2.45, 2.75) is 46.6 Å². The summed E-state index contributed by atoms with van der Waals surface area (Å²) < 4.78 is 5.65. The van der Waals surface area contributed by atoms with Crippen molar-refractivity contribution in [1.29, 1.82) is 0 Å². The molecule has 0 saturated carbocycles. The highest BCUT2D eigenvalue weighted by Crippen LogP contribution is 2.04. The molecular formula is C8H19OSi. The van der Waals surface area contributed by atoms with Crippen LogP contribution in [0.15, 0.2) is 0 Å². The van der Waals surface area contributed by atoms with Crippen LogP contribution in [-0.4, -0.2) is 15.9 Å². The highest BCUT2D eigenvalue weighted by Gasteiger charge is 2.03. The van der Waals surface area contributed by atoms with E-state index in [-0.39, 0.29) is 9.76 Å². The fourth-order valence-electron chi connectivity index (χ4n) is 0.504. The van der Waals surface area contributed by atoms with E-state index in [1.165, 1.54) is 6.42 Å². The van der Waals surface area contributed by atoms with Crippen molar-refractivity contribution in [1.82, 2.24) is 0 Å². The number of hydrogen-bond donors (Lipinski definition) is 0. The van der Waals surface area contributed by atoms with Gasteiger partial charge in [0.15, 0.2) is 9.76 Å². The van der Waals surface area contributed by atoms with E-state index in [9.17, 15) is 0 Å². The molecule has 0 aliphatic rings. The zero-order valence-electron chi connectivity index (χ0n) is 7.61. The molecule has 0 aromatic carbocycles. The Morgan fingerprint density at radius 3 is 2.50 bits per heavy atom. The monoisotopic (exact) mass is 159 g/mol. The minimum absolute atomic E-state index is 0.306. The summed E-state index contributed by atoms with van der Waals surface area (Å²) in [5.74, 6) is 0. The average Bonchev–Trinajstić information content (AvgIpc) is 1.99. The highest BCUT2D eigenvalue weighted by molar-refractivity contribution is 6.35. The summed E-state index contributed by atoms with van der Waals surface area (Å²) in [4.78, 5) is 0. The van der Waals surface area contributed by atoms with Gasteiger partial charge in [0.05, 0.1) is 0 Å². The van der Waals surface area contributed by atoms with E-state index < -0.39 is 0 Å². The van der Waals surface area contributed by atoms with E-state index in [1.54, 1.807) is 5.54 Å². The van der Waals surface area contributed by atoms with Crippen molar-refractivity contribution in [3.8, 4) is 0 Å². The SMILES string of the molecule is CC[C](C)[SiH2]OC(C)CC. The van der Waals surface area contributed by atoms with Crippen LogP contribution in [-0.2, 0) is 4.43 Å². The van der Waals surface area contributed by atoms with E-state index in [2.05, 4.69) is 27.7 Å². The molecule has 0 spiro atoms. The molecule has 1 nitrogen and oxygen atoms in total. The molecule has 1 unspecified atom stereocenters. The molecular weight excluding hydrogens is 140 g/mol. The van der Waals surface area contributed by atoms with Gasteiger partial charge in [-0.05, 0) is 18.9 Å². The molecule has 0 aliphatic heterocycles. The van der Waals surface area contributed by atoms with Gasteiger partial charge in [-0.2, -0.15) is 0 Å². The van der Waals surface area contributed by atoms with Crippen LogP contribution in [0.25, 0.3) is 0 Å². The van der Waals surface area contributed by atoms with Gasteiger partial charge in [0.2, 0.25) is 0 Å². The lowest BCUT2D eigenvalue weighted by molar-refractivity contribution is 0.229. The summed E-state index contributed by atoms with van der Waals surface area (Å²) in [6.45, 7) is 8.72. The summed E-state index contributed by atoms with van der Waals surface area (Å²) in [5, 5.41) is 0. The normalized spacial score (nSPS) is 15.3. The summed E-state index contributed by atoms with van der Waals surface area (Å²) in [5.41, 5.74) is 1.57. The zero-order chi connectivity index (χ0) is 7.98. The second-order valence-corrected chi connectivity index (χ2v) is 4.67. The van der Waals surface area contributed by atoms with Crippen LogP contribution in [0, 0.1) is 5.54 Å². The largest absolute Gasteiger partial charge is 0.421 e. The summed E-state index contributed by atoms with van der Waals surface area (Å²) in [7, 11) is -0.306. The Balaban J connectivity index is 3.17. The molecule has 61 valence electrons. The first kappa shape index (κ1) is 10.2. The number of rotatable bonds is 5. The Bertz CT molecular complexity index is 65.7. The molecule has 1 radical (unpaired) electrons. The maximum Gasteiger partial charge on any atom is 0.168 e. The van der Waals surface area contributed by atoms with Crippen molar-refractivity contribution >= 4 is 9.76 Å². The van der Waals surface area contributed by atoms with Crippen molar-refractivity contribution in [2.75, 3.05) is 0 Å². The van der Waals surface area contributed by atoms with E-state index in [0.29, 0.717) is 6.10 Å². The minimum atomic E-state index is -0.306. The third kappa shape index (κ3) is 5.00. The predicted molar refractivity (Wildman–Crippen MR) is 48.6 cm³/mol. The van der Waals surface area contributed by atoms with Gasteiger partial charge < -0.3 is 4.43 Å². The molecule has 10 heavy (non-hydrogen) atoms. The van der Waals surface area contributed by atoms with Gasteiger partial charge in [-0.1, -0.05) is 27.2 Å². The van der Waals surface area contributed by atoms with Crippen LogP contribution in [0.2, 0.25) is 0 Å². The van der Waals surface area contributed by atoms with Crippen molar-refractivity contribution < 1.29 is 4.43 Å². The second kappa shape index (κ2) is 5.92. The van der Waals surface area contributed by atoms with Gasteiger partial charge in [-0.25, -0.2) is 0 Å². The minimum Gasteiger partial charge on any atom is -0.421 e. The number of hydrogen-bond acceptors (Lipinski definition) is 1. The lowest BCUT2D eigenvalue weighted by atomic mass is 10.3. The van der Waals surface area contributed by atoms with E-state index in [4.69, 9.17) is 4.43 Å². The molecule has 0 N–H and O–H groups in total. The van der Waals surface area contributed by atoms with Gasteiger partial charge in [-0.15, -0.1) is 0 Å². The second-order valence-electron chi connectivity index (χ2n) is 2.84. The quantitative estimate of drug-likeness (QED) is 0.556. The fourth-order valence-corrected chi connectivity index (χ4v) is 1.51. The molecule has 1 atom stereocenters. The Morgan fingerprint density at radius 2 is 2.10 bits per heavy atom. The highest BCUT2D eigenvalue weighted by atomic mass is 28.2. The molecule has 0 amide bonds. The molecule has 0 aliphatic carbocycles. The smallest absolute Gasteiger partial charge is 0.168 e.